The first-order valence-corrected chi connectivity index (χ1v) is 12.5. The predicted octanol–water partition coefficient (Wildman–Crippen LogP) is 5.83. The third kappa shape index (κ3) is 6.39. The van der Waals surface area contributed by atoms with Gasteiger partial charge in [-0.25, -0.2) is 0 Å². The van der Waals surface area contributed by atoms with Crippen molar-refractivity contribution in [2.75, 3.05) is 0 Å². The van der Waals surface area contributed by atoms with E-state index < -0.39 is 8.32 Å². The first-order valence-electron chi connectivity index (χ1n) is 9.95. The molecule has 0 aliphatic heterocycles. The molecule has 0 aromatic heterocycles. The minimum Gasteiger partial charge on any atom is -0.413 e. The van der Waals surface area contributed by atoms with Crippen LogP contribution in [-0.4, -0.2) is 25.6 Å². The van der Waals surface area contributed by atoms with E-state index in [0.717, 1.165) is 31.0 Å². The summed E-state index contributed by atoms with van der Waals surface area (Å²) in [7, 11) is -1.71. The van der Waals surface area contributed by atoms with Crippen molar-refractivity contribution in [3.63, 3.8) is 0 Å². The molecule has 0 radical (unpaired) electrons. The summed E-state index contributed by atoms with van der Waals surface area (Å²) in [6.45, 7) is 15.0. The van der Waals surface area contributed by atoms with Crippen LogP contribution in [0.5, 0.6) is 0 Å². The second-order valence-corrected chi connectivity index (χ2v) is 12.1. The Hall–Kier alpha value is -0.903. The molecule has 0 saturated carbocycles. The number of aliphatic hydroxyl groups excluding tert-OH is 1. The molecule has 2 nitrogen and oxygen atoms in total. The summed E-state index contributed by atoms with van der Waals surface area (Å²) in [5, 5.41) is 10.8. The molecule has 1 aromatic rings. The van der Waals surface area contributed by atoms with Crippen LogP contribution in [0.1, 0.15) is 46.6 Å². The quantitative estimate of drug-likeness (QED) is 0.374. The van der Waals surface area contributed by atoms with E-state index in [0.29, 0.717) is 0 Å². The molecule has 142 valence electrons. The molecule has 4 atom stereocenters. The third-order valence-electron chi connectivity index (χ3n) is 5.91. The van der Waals surface area contributed by atoms with E-state index in [1.54, 1.807) is 0 Å². The van der Waals surface area contributed by atoms with Gasteiger partial charge in [0.1, 0.15) is 0 Å². The lowest BCUT2D eigenvalue weighted by atomic mass is 9.87. The molecule has 0 aliphatic carbocycles. The number of rotatable bonds is 12. The Balaban J connectivity index is 2.81. The first-order chi connectivity index (χ1) is 11.9. The van der Waals surface area contributed by atoms with Gasteiger partial charge in [-0.15, -0.1) is 6.58 Å². The van der Waals surface area contributed by atoms with Crippen molar-refractivity contribution < 1.29 is 9.53 Å². The van der Waals surface area contributed by atoms with Gasteiger partial charge in [-0.3, -0.25) is 0 Å². The van der Waals surface area contributed by atoms with Crippen LogP contribution in [0.25, 0.3) is 0 Å². The highest BCUT2D eigenvalue weighted by Gasteiger charge is 2.37. The number of hydrogen-bond donors (Lipinski definition) is 1. The van der Waals surface area contributed by atoms with Gasteiger partial charge in [0.15, 0.2) is 8.32 Å². The Labute approximate surface area is 156 Å². The molecule has 1 aromatic carbocycles. The third-order valence-corrected chi connectivity index (χ3v) is 10.5. The van der Waals surface area contributed by atoms with Crippen molar-refractivity contribution in [2.24, 2.45) is 11.8 Å². The Kier molecular flexibility index (Phi) is 9.69. The van der Waals surface area contributed by atoms with Crippen LogP contribution in [0.3, 0.4) is 0 Å². The van der Waals surface area contributed by atoms with E-state index >= 15 is 0 Å². The van der Waals surface area contributed by atoms with E-state index in [-0.39, 0.29) is 24.0 Å². The molecule has 0 bridgehead atoms. The summed E-state index contributed by atoms with van der Waals surface area (Å²) in [5.74, 6) is 0.353. The van der Waals surface area contributed by atoms with Crippen molar-refractivity contribution in [1.29, 1.82) is 0 Å². The molecule has 0 aliphatic rings. The molecular formula is C22H38O2Si. The fourth-order valence-corrected chi connectivity index (χ4v) is 6.56. The number of hydrogen-bond acceptors (Lipinski definition) is 2. The van der Waals surface area contributed by atoms with Gasteiger partial charge < -0.3 is 9.53 Å². The molecule has 0 saturated heterocycles. The highest BCUT2D eigenvalue weighted by Crippen LogP contribution is 2.31. The van der Waals surface area contributed by atoms with Crippen LogP contribution in [0.2, 0.25) is 18.1 Å². The van der Waals surface area contributed by atoms with Crippen LogP contribution in [0, 0.1) is 11.8 Å². The molecule has 1 N–H and O–H groups in total. The van der Waals surface area contributed by atoms with Crippen molar-refractivity contribution in [3.8, 4) is 0 Å². The van der Waals surface area contributed by atoms with Gasteiger partial charge >= 0.3 is 0 Å². The van der Waals surface area contributed by atoms with Gasteiger partial charge in [-0.2, -0.15) is 0 Å². The zero-order valence-electron chi connectivity index (χ0n) is 16.9. The summed E-state index contributed by atoms with van der Waals surface area (Å²) in [4.78, 5) is 0. The van der Waals surface area contributed by atoms with Crippen LogP contribution in [0.4, 0.5) is 0 Å². The maximum atomic E-state index is 10.8. The summed E-state index contributed by atoms with van der Waals surface area (Å²) < 4.78 is 6.78. The monoisotopic (exact) mass is 362 g/mol. The van der Waals surface area contributed by atoms with Crippen molar-refractivity contribution in [3.05, 3.63) is 48.6 Å². The Morgan fingerprint density at radius 2 is 1.64 bits per heavy atom. The van der Waals surface area contributed by atoms with Crippen molar-refractivity contribution in [2.45, 2.75) is 77.8 Å². The zero-order chi connectivity index (χ0) is 18.9. The van der Waals surface area contributed by atoms with Gasteiger partial charge in [-0.1, -0.05) is 71.0 Å². The molecule has 1 rings (SSSR count). The summed E-state index contributed by atoms with van der Waals surface area (Å²) >= 11 is 0. The van der Waals surface area contributed by atoms with Crippen LogP contribution >= 0.6 is 0 Å². The molecule has 3 heteroatoms. The maximum absolute atomic E-state index is 10.8. The van der Waals surface area contributed by atoms with Crippen LogP contribution in [-0.2, 0) is 10.8 Å². The predicted molar refractivity (Wildman–Crippen MR) is 111 cm³/mol. The fourth-order valence-electron chi connectivity index (χ4n) is 3.56. The lowest BCUT2D eigenvalue weighted by Gasteiger charge is -2.39. The second kappa shape index (κ2) is 10.9. The van der Waals surface area contributed by atoms with Crippen LogP contribution < -0.4 is 0 Å². The average molecular weight is 363 g/mol. The second-order valence-electron chi connectivity index (χ2n) is 7.37. The SMILES string of the molecule is C=C[C@H](C)C(O[Si](CC)(CC)CC)[C@H](C)[C@@H](O)CCc1ccccc1. The Bertz CT molecular complexity index is 476. The minimum absolute atomic E-state index is 0.0507. The molecule has 0 fully saturated rings. The lowest BCUT2D eigenvalue weighted by molar-refractivity contribution is 0.00887. The molecule has 0 spiro atoms. The van der Waals surface area contributed by atoms with Gasteiger partial charge in [-0.05, 0) is 42.5 Å². The van der Waals surface area contributed by atoms with E-state index in [1.807, 2.05) is 12.1 Å². The largest absolute Gasteiger partial charge is 0.413 e. The summed E-state index contributed by atoms with van der Waals surface area (Å²) in [6.07, 6.45) is 3.35. The number of benzene rings is 1. The zero-order valence-corrected chi connectivity index (χ0v) is 17.9. The van der Waals surface area contributed by atoms with Crippen molar-refractivity contribution >= 4 is 8.32 Å². The van der Waals surface area contributed by atoms with Gasteiger partial charge in [0.2, 0.25) is 0 Å². The van der Waals surface area contributed by atoms with Gasteiger partial charge in [0.25, 0.3) is 0 Å². The van der Waals surface area contributed by atoms with E-state index in [4.69, 9.17) is 4.43 Å². The van der Waals surface area contributed by atoms with E-state index in [1.165, 1.54) is 5.56 Å². The maximum Gasteiger partial charge on any atom is 0.192 e. The normalized spacial score (nSPS) is 16.9. The minimum atomic E-state index is -1.71. The summed E-state index contributed by atoms with van der Waals surface area (Å²) in [5.41, 5.74) is 1.28. The Morgan fingerprint density at radius 1 is 1.08 bits per heavy atom. The smallest absolute Gasteiger partial charge is 0.192 e. The number of aryl methyl sites for hydroxylation is 1. The standard InChI is InChI=1S/C22H38O2Si/c1-7-18(5)22(24-25(8-2,9-3)10-4)19(6)21(23)17-16-20-14-12-11-13-15-20/h7,11-15,18-19,21-23H,1,8-10,16-17H2,2-6H3/t18-,19+,21-,22?/m0/s1. The molecule has 0 amide bonds. The van der Waals surface area contributed by atoms with E-state index in [2.05, 4.69) is 65.5 Å². The lowest BCUT2D eigenvalue weighted by Crippen LogP contribution is -2.46. The molecule has 0 heterocycles. The van der Waals surface area contributed by atoms with E-state index in [9.17, 15) is 5.11 Å². The molecule has 25 heavy (non-hydrogen) atoms. The molecular weight excluding hydrogens is 324 g/mol. The first kappa shape index (κ1) is 22.1. The van der Waals surface area contributed by atoms with Crippen molar-refractivity contribution in [1.82, 2.24) is 0 Å². The highest BCUT2D eigenvalue weighted by atomic mass is 28.4. The topological polar surface area (TPSA) is 29.5 Å². The fraction of sp³-hybridized carbons (Fsp3) is 0.636. The number of aliphatic hydroxyl groups is 1. The van der Waals surface area contributed by atoms with Gasteiger partial charge in [0, 0.05) is 5.92 Å². The van der Waals surface area contributed by atoms with Gasteiger partial charge in [0.05, 0.1) is 12.2 Å². The average Bonchev–Trinajstić information content (AvgIpc) is 2.67. The Morgan fingerprint density at radius 3 is 2.12 bits per heavy atom. The highest BCUT2D eigenvalue weighted by molar-refractivity contribution is 6.73. The summed E-state index contributed by atoms with van der Waals surface area (Å²) in [6, 6.07) is 13.8. The molecule has 1 unspecified atom stereocenters. The van der Waals surface area contributed by atoms with Crippen LogP contribution in [0.15, 0.2) is 43.0 Å².